The highest BCUT2D eigenvalue weighted by Crippen LogP contribution is 2.38. The number of esters is 2. The van der Waals surface area contributed by atoms with Gasteiger partial charge in [0.25, 0.3) is 0 Å². The number of methoxy groups -OCH3 is 2. The van der Waals surface area contributed by atoms with Crippen LogP contribution in [-0.2, 0) is 49.3 Å². The van der Waals surface area contributed by atoms with Gasteiger partial charge in [-0.2, -0.15) is 20.5 Å². The van der Waals surface area contributed by atoms with Gasteiger partial charge < -0.3 is 48.2 Å². The fraction of sp³-hybridized carbons (Fsp3) is 0.560. The van der Waals surface area contributed by atoms with Crippen molar-refractivity contribution in [3.63, 3.8) is 0 Å². The fourth-order valence-corrected chi connectivity index (χ4v) is 9.48. The lowest BCUT2D eigenvalue weighted by Gasteiger charge is -2.42. The van der Waals surface area contributed by atoms with Crippen LogP contribution in [0.3, 0.4) is 0 Å². The summed E-state index contributed by atoms with van der Waals surface area (Å²) in [5, 5.41) is 14.4. The number of thioether (sulfide) groups is 1. The van der Waals surface area contributed by atoms with E-state index in [1.165, 1.54) is 49.9 Å². The third kappa shape index (κ3) is 14.3. The number of ether oxygens (including phenoxy) is 6. The number of carbonyl (C=O) groups is 6. The first-order valence-electron chi connectivity index (χ1n) is 23.6. The number of anilines is 1. The van der Waals surface area contributed by atoms with Crippen LogP contribution in [0, 0.1) is 40.9 Å². The molecule has 0 aliphatic carbocycles. The third-order valence-electron chi connectivity index (χ3n) is 13.3. The molecule has 2 aromatic carbocycles. The Bertz CT molecular complexity index is 2480. The number of fused-ring (bicyclic) bond motifs is 4. The SMILES string of the molecule is COc1cc2cc(c1Cl)N(C)C(=O)C[C@H](OC(=O)[C@@H](C)N(C)C(=O)CCSCC(=O)N1CCC(C(=O)Oc3c(F)c(F)c(F)c(F)c3F)CC1)C(C)(C)OC[C@H](C)[C@@H]1C[C@@](O)(NC(=O)O1)[C@H](OC)/C=C/C=C(\C)C2. The summed E-state index contributed by atoms with van der Waals surface area (Å²) in [6.45, 7) is 8.24. The number of halogens is 6. The number of rotatable bonds is 12. The van der Waals surface area contributed by atoms with E-state index in [-0.39, 0.29) is 67.8 Å². The first-order valence-corrected chi connectivity index (χ1v) is 25.2. The van der Waals surface area contributed by atoms with Crippen molar-refractivity contribution in [1.29, 1.82) is 0 Å². The van der Waals surface area contributed by atoms with E-state index < -0.39 is 119 Å². The van der Waals surface area contributed by atoms with Crippen LogP contribution in [0.4, 0.5) is 32.4 Å². The molecular weight excluding hydrogens is 1030 g/mol. The normalized spacial score (nSPS) is 24.6. The number of likely N-dealkylation sites (N-methyl/N-ethyl adjacent to an activating group) is 1. The predicted octanol–water partition coefficient (Wildman–Crippen LogP) is 6.82. The van der Waals surface area contributed by atoms with E-state index in [0.717, 1.165) is 22.9 Å². The maximum Gasteiger partial charge on any atom is 0.409 e. The van der Waals surface area contributed by atoms with Gasteiger partial charge in [0.15, 0.2) is 5.72 Å². The van der Waals surface area contributed by atoms with E-state index >= 15 is 0 Å². The van der Waals surface area contributed by atoms with Gasteiger partial charge in [-0.1, -0.05) is 42.3 Å². The second-order valence-electron chi connectivity index (χ2n) is 19.0. The Morgan fingerprint density at radius 3 is 2.28 bits per heavy atom. The lowest BCUT2D eigenvalue weighted by Crippen LogP contribution is -2.63. The summed E-state index contributed by atoms with van der Waals surface area (Å²) in [7, 11) is 5.75. The summed E-state index contributed by atoms with van der Waals surface area (Å²) in [6, 6.07) is 2.29. The topological polar surface area (TPSA) is 200 Å². The monoisotopic (exact) mass is 1090 g/mol. The highest BCUT2D eigenvalue weighted by atomic mass is 35.5. The van der Waals surface area contributed by atoms with Gasteiger partial charge in [0.1, 0.15) is 35.1 Å². The summed E-state index contributed by atoms with van der Waals surface area (Å²) in [5.41, 5.74) is -1.37. The fourth-order valence-electron chi connectivity index (χ4n) is 8.34. The van der Waals surface area contributed by atoms with Crippen LogP contribution in [0.25, 0.3) is 0 Å². The molecule has 408 valence electrons. The van der Waals surface area contributed by atoms with Crippen molar-refractivity contribution in [3.05, 3.63) is 75.6 Å². The molecule has 4 bridgehead atoms. The Balaban J connectivity index is 1.23. The lowest BCUT2D eigenvalue weighted by molar-refractivity contribution is -0.182. The molecule has 24 heteroatoms. The number of carbonyl (C=O) groups excluding carboxylic acids is 6. The maximum atomic E-state index is 14.3. The van der Waals surface area contributed by atoms with Gasteiger partial charge in [-0.25, -0.2) is 22.8 Å². The Labute approximate surface area is 434 Å². The lowest BCUT2D eigenvalue weighted by atomic mass is 9.90. The molecule has 0 spiro atoms. The second kappa shape index (κ2) is 25.4. The zero-order valence-corrected chi connectivity index (χ0v) is 44.1. The summed E-state index contributed by atoms with van der Waals surface area (Å²) in [6.07, 6.45) is 0.836. The van der Waals surface area contributed by atoms with E-state index in [2.05, 4.69) is 10.1 Å². The molecule has 2 fully saturated rings. The summed E-state index contributed by atoms with van der Waals surface area (Å²) in [4.78, 5) is 84.0. The standard InChI is InChI=1S/C50H62ClF5N4O13S/c1-26-11-10-12-34(69-9)50(67)23-33(71-48(66)57-50)27(2)24-70-49(4,5)35(22-37(62)59(7)31-20-29(19-26)21-32(68-8)39(31)51)72-46(64)28(3)58(6)36(61)15-18-74-25-38(63)60-16-13-30(14-17-60)47(65)73-45-43(55)41(53)40(52)42(54)44(45)56/h10-12,20-21,27-28,30,33-35,67H,13-19,22-25H2,1-9H3,(H,57,66)/b12-10+,26-11+/t27-,28+,33-,34+,35-,50-/m0/s1. The van der Waals surface area contributed by atoms with E-state index in [1.807, 2.05) is 13.0 Å². The largest absolute Gasteiger partial charge is 0.495 e. The molecule has 3 aliphatic heterocycles. The molecule has 0 saturated carbocycles. The molecule has 0 unspecified atom stereocenters. The van der Waals surface area contributed by atoms with Crippen LogP contribution in [0.5, 0.6) is 11.5 Å². The molecule has 17 nitrogen and oxygen atoms in total. The molecule has 3 heterocycles. The van der Waals surface area contributed by atoms with Crippen LogP contribution < -0.4 is 19.7 Å². The van der Waals surface area contributed by atoms with Gasteiger partial charge in [0, 0.05) is 58.8 Å². The van der Waals surface area contributed by atoms with Crippen LogP contribution in [0.2, 0.25) is 5.02 Å². The second-order valence-corrected chi connectivity index (χ2v) is 20.5. The van der Waals surface area contributed by atoms with Crippen molar-refractivity contribution in [3.8, 4) is 11.5 Å². The van der Waals surface area contributed by atoms with Gasteiger partial charge in [-0.15, -0.1) is 0 Å². The van der Waals surface area contributed by atoms with Crippen LogP contribution in [0.1, 0.15) is 72.3 Å². The van der Waals surface area contributed by atoms with E-state index in [0.29, 0.717) is 17.9 Å². The molecule has 6 atom stereocenters. The van der Waals surface area contributed by atoms with Crippen molar-refractivity contribution in [1.82, 2.24) is 15.1 Å². The van der Waals surface area contributed by atoms with Gasteiger partial charge in [-0.05, 0) is 64.7 Å². The molecular formula is C50H62ClF5N4O13S. The first kappa shape index (κ1) is 59.4. The van der Waals surface area contributed by atoms with Crippen molar-refractivity contribution >= 4 is 64.8 Å². The smallest absolute Gasteiger partial charge is 0.409 e. The number of nitrogens with zero attached hydrogens (tertiary/aromatic N) is 3. The molecule has 74 heavy (non-hydrogen) atoms. The summed E-state index contributed by atoms with van der Waals surface area (Å²) in [5.74, 6) is -17.8. The minimum atomic E-state index is -2.40. The molecule has 0 aromatic heterocycles. The Morgan fingerprint density at radius 1 is 1.03 bits per heavy atom. The summed E-state index contributed by atoms with van der Waals surface area (Å²) < 4.78 is 103. The van der Waals surface area contributed by atoms with Gasteiger partial charge in [0.05, 0.1) is 43.1 Å². The van der Waals surface area contributed by atoms with Crippen molar-refractivity contribution in [2.75, 3.05) is 64.4 Å². The third-order valence-corrected chi connectivity index (χ3v) is 14.6. The Kier molecular flexibility index (Phi) is 20.4. The van der Waals surface area contributed by atoms with Crippen LogP contribution in [-0.4, -0.2) is 146 Å². The van der Waals surface area contributed by atoms with Gasteiger partial charge >= 0.3 is 18.0 Å². The molecule has 3 aliphatic rings. The number of piperidine rings is 1. The highest BCUT2D eigenvalue weighted by molar-refractivity contribution is 7.99. The van der Waals surface area contributed by atoms with E-state index in [4.69, 9.17) is 35.3 Å². The molecule has 5 rings (SSSR count). The minimum absolute atomic E-state index is 0.0141. The highest BCUT2D eigenvalue weighted by Gasteiger charge is 2.47. The summed E-state index contributed by atoms with van der Waals surface area (Å²) >= 11 is 7.91. The van der Waals surface area contributed by atoms with Gasteiger partial charge in [-0.3, -0.25) is 24.5 Å². The number of amides is 4. The maximum absolute atomic E-state index is 14.3. The zero-order chi connectivity index (χ0) is 55.0. The molecule has 0 radical (unpaired) electrons. The van der Waals surface area contributed by atoms with Crippen LogP contribution in [0.15, 0.2) is 35.9 Å². The zero-order valence-electron chi connectivity index (χ0n) is 42.5. The Morgan fingerprint density at radius 2 is 1.66 bits per heavy atom. The number of benzene rings is 2. The number of aliphatic hydroxyl groups is 1. The number of likely N-dealkylation sites (tertiary alicyclic amines) is 1. The number of allylic oxidation sites excluding steroid dienone is 3. The molecule has 2 N–H and O–H groups in total. The van der Waals surface area contributed by atoms with Crippen molar-refractivity contribution in [2.45, 2.75) is 109 Å². The quantitative estimate of drug-likeness (QED) is 0.0561. The minimum Gasteiger partial charge on any atom is -0.495 e. The van der Waals surface area contributed by atoms with Crippen molar-refractivity contribution < 1.29 is 84.2 Å². The van der Waals surface area contributed by atoms with Crippen molar-refractivity contribution in [2.24, 2.45) is 11.8 Å². The molecule has 2 aromatic rings. The molecule has 4 amide bonds. The van der Waals surface area contributed by atoms with Crippen LogP contribution >= 0.6 is 23.4 Å². The number of nitrogens with one attached hydrogen (secondary N) is 1. The average molecular weight is 1090 g/mol. The number of alkyl carbamates (subject to hydrolysis) is 1. The van der Waals surface area contributed by atoms with Gasteiger partial charge in [0.2, 0.25) is 52.6 Å². The van der Waals surface area contributed by atoms with E-state index in [1.54, 1.807) is 45.1 Å². The van der Waals surface area contributed by atoms with E-state index in [9.17, 15) is 55.8 Å². The average Bonchev–Trinajstić information content (AvgIpc) is 3.36. The molecule has 2 saturated heterocycles. The predicted molar refractivity (Wildman–Crippen MR) is 261 cm³/mol. The Hall–Kier alpha value is -5.49. The number of hydrogen-bond donors (Lipinski definition) is 2. The number of hydrogen-bond acceptors (Lipinski definition) is 14. The first-order chi connectivity index (χ1) is 34.7.